The highest BCUT2D eigenvalue weighted by Gasteiger charge is 2.54. The first kappa shape index (κ1) is 20.3. The molecule has 1 N–H and O–H groups in total. The Kier molecular flexibility index (Phi) is 5.10. The largest absolute Gasteiger partial charge is 0.486 e. The number of benzene rings is 2. The summed E-state index contributed by atoms with van der Waals surface area (Å²) >= 11 is 0. The molecule has 2 bridgehead atoms. The van der Waals surface area contributed by atoms with Gasteiger partial charge in [-0.15, -0.1) is 0 Å². The maximum Gasteiger partial charge on any atom is 0.244 e. The van der Waals surface area contributed by atoms with Crippen molar-refractivity contribution in [1.29, 1.82) is 0 Å². The Hall–Kier alpha value is -2.65. The summed E-state index contributed by atoms with van der Waals surface area (Å²) < 4.78 is 52.6. The standard InChI is InChI=1S/C22H23FN2O5S/c23-16-4-1-14(2-5-16)13-24-22(26)21-15-3-6-17(11-15)25(21)31(27,28)18-7-8-19-20(12-18)30-10-9-29-19/h1-2,4-5,7-8,12,15,17,21H,3,6,9-11,13H2,(H,24,26)/t15-,17-,21-/m0/s1. The van der Waals surface area contributed by atoms with E-state index in [1.165, 1.54) is 28.6 Å². The molecule has 2 aromatic carbocycles. The van der Waals surface area contributed by atoms with Crippen molar-refractivity contribution in [3.05, 3.63) is 53.8 Å². The van der Waals surface area contributed by atoms with Gasteiger partial charge in [0.25, 0.3) is 0 Å². The Morgan fingerprint density at radius 3 is 2.58 bits per heavy atom. The van der Waals surface area contributed by atoms with E-state index in [4.69, 9.17) is 9.47 Å². The van der Waals surface area contributed by atoms with Crippen LogP contribution in [0.25, 0.3) is 0 Å². The van der Waals surface area contributed by atoms with E-state index in [1.807, 2.05) is 0 Å². The van der Waals surface area contributed by atoms with Crippen LogP contribution in [-0.2, 0) is 21.4 Å². The fourth-order valence-electron chi connectivity index (χ4n) is 4.82. The highest BCUT2D eigenvalue weighted by molar-refractivity contribution is 7.89. The Labute approximate surface area is 180 Å². The van der Waals surface area contributed by atoms with Crippen molar-refractivity contribution in [2.75, 3.05) is 13.2 Å². The number of hydrogen-bond acceptors (Lipinski definition) is 5. The maximum absolute atomic E-state index is 13.5. The van der Waals surface area contributed by atoms with Gasteiger partial charge in [0.2, 0.25) is 15.9 Å². The summed E-state index contributed by atoms with van der Waals surface area (Å²) in [6, 6.07) is 9.49. The van der Waals surface area contributed by atoms with E-state index >= 15 is 0 Å². The van der Waals surface area contributed by atoms with Crippen molar-refractivity contribution in [2.24, 2.45) is 5.92 Å². The zero-order valence-corrected chi connectivity index (χ0v) is 17.6. The third kappa shape index (κ3) is 3.65. The monoisotopic (exact) mass is 446 g/mol. The number of nitrogens with zero attached hydrogens (tertiary/aromatic N) is 1. The molecule has 0 radical (unpaired) electrons. The molecular weight excluding hydrogens is 423 g/mol. The topological polar surface area (TPSA) is 84.9 Å². The second-order valence-electron chi connectivity index (χ2n) is 8.16. The molecule has 9 heteroatoms. The normalized spacial score (nSPS) is 24.9. The fraction of sp³-hybridized carbons (Fsp3) is 0.409. The zero-order valence-electron chi connectivity index (χ0n) is 16.8. The first-order valence-electron chi connectivity index (χ1n) is 10.4. The molecule has 5 rings (SSSR count). The first-order chi connectivity index (χ1) is 14.9. The number of nitrogens with one attached hydrogen (secondary N) is 1. The highest BCUT2D eigenvalue weighted by atomic mass is 32.2. The summed E-state index contributed by atoms with van der Waals surface area (Å²) in [5, 5.41) is 2.84. The molecule has 164 valence electrons. The van der Waals surface area contributed by atoms with Crippen molar-refractivity contribution in [3.63, 3.8) is 0 Å². The van der Waals surface area contributed by atoms with Crippen molar-refractivity contribution in [1.82, 2.24) is 9.62 Å². The van der Waals surface area contributed by atoms with E-state index in [1.54, 1.807) is 18.2 Å². The van der Waals surface area contributed by atoms with E-state index in [-0.39, 0.29) is 35.1 Å². The number of fused-ring (bicyclic) bond motifs is 3. The minimum atomic E-state index is -3.90. The summed E-state index contributed by atoms with van der Waals surface area (Å²) in [4.78, 5) is 13.2. The summed E-state index contributed by atoms with van der Waals surface area (Å²) in [5.74, 6) is 0.235. The number of piperidine rings is 1. The number of hydrogen-bond donors (Lipinski definition) is 1. The van der Waals surface area contributed by atoms with Gasteiger partial charge in [-0.05, 0) is 55.0 Å². The van der Waals surface area contributed by atoms with Crippen LogP contribution in [0.1, 0.15) is 24.8 Å². The third-order valence-electron chi connectivity index (χ3n) is 6.26. The van der Waals surface area contributed by atoms with Crippen molar-refractivity contribution in [3.8, 4) is 11.5 Å². The lowest BCUT2D eigenvalue weighted by Crippen LogP contribution is -2.52. The van der Waals surface area contributed by atoms with Crippen LogP contribution in [0, 0.1) is 11.7 Å². The highest BCUT2D eigenvalue weighted by Crippen LogP contribution is 2.46. The molecule has 1 amide bonds. The second-order valence-corrected chi connectivity index (χ2v) is 10.00. The average Bonchev–Trinajstić information content (AvgIpc) is 3.40. The first-order valence-corrected chi connectivity index (χ1v) is 11.8. The number of carbonyl (C=O) groups is 1. The molecule has 2 fully saturated rings. The van der Waals surface area contributed by atoms with Gasteiger partial charge in [0.05, 0.1) is 4.90 Å². The van der Waals surface area contributed by atoms with E-state index in [0.717, 1.165) is 18.4 Å². The fourth-order valence-corrected chi connectivity index (χ4v) is 6.71. The van der Waals surface area contributed by atoms with Crippen molar-refractivity contribution < 1.29 is 27.1 Å². The van der Waals surface area contributed by atoms with Gasteiger partial charge in [0, 0.05) is 18.7 Å². The van der Waals surface area contributed by atoms with Crippen molar-refractivity contribution >= 4 is 15.9 Å². The van der Waals surface area contributed by atoms with E-state index < -0.39 is 16.1 Å². The van der Waals surface area contributed by atoms with Crippen LogP contribution in [-0.4, -0.2) is 43.9 Å². The molecular formula is C22H23FN2O5S. The lowest BCUT2D eigenvalue weighted by Gasteiger charge is -2.33. The molecule has 3 aliphatic rings. The lowest BCUT2D eigenvalue weighted by molar-refractivity contribution is -0.126. The number of rotatable bonds is 5. The molecule has 1 saturated heterocycles. The van der Waals surface area contributed by atoms with Crippen LogP contribution in [0.15, 0.2) is 47.4 Å². The Morgan fingerprint density at radius 2 is 1.81 bits per heavy atom. The Bertz CT molecular complexity index is 1110. The average molecular weight is 447 g/mol. The van der Waals surface area contributed by atoms with E-state index in [2.05, 4.69) is 5.32 Å². The molecule has 2 aliphatic heterocycles. The van der Waals surface area contributed by atoms with Crippen LogP contribution in [0.5, 0.6) is 11.5 Å². The zero-order chi connectivity index (χ0) is 21.6. The summed E-state index contributed by atoms with van der Waals surface area (Å²) in [6.07, 6.45) is 2.25. The van der Waals surface area contributed by atoms with Gasteiger partial charge in [0.1, 0.15) is 25.1 Å². The number of halogens is 1. The van der Waals surface area contributed by atoms with E-state index in [9.17, 15) is 17.6 Å². The summed E-state index contributed by atoms with van der Waals surface area (Å²) in [7, 11) is -3.90. The van der Waals surface area contributed by atoms with Gasteiger partial charge in [0.15, 0.2) is 11.5 Å². The molecule has 1 saturated carbocycles. The minimum Gasteiger partial charge on any atom is -0.486 e. The van der Waals surface area contributed by atoms with E-state index in [0.29, 0.717) is 31.1 Å². The molecule has 0 aromatic heterocycles. The van der Waals surface area contributed by atoms with Gasteiger partial charge in [-0.25, -0.2) is 12.8 Å². The van der Waals surface area contributed by atoms with Gasteiger partial charge < -0.3 is 14.8 Å². The van der Waals surface area contributed by atoms with Crippen LogP contribution >= 0.6 is 0 Å². The molecule has 2 heterocycles. The van der Waals surface area contributed by atoms with Crippen molar-refractivity contribution in [2.45, 2.75) is 42.8 Å². The van der Waals surface area contributed by atoms with Crippen LogP contribution in [0.2, 0.25) is 0 Å². The van der Waals surface area contributed by atoms with Gasteiger partial charge >= 0.3 is 0 Å². The van der Waals surface area contributed by atoms with Crippen LogP contribution in [0.3, 0.4) is 0 Å². The molecule has 31 heavy (non-hydrogen) atoms. The number of sulfonamides is 1. The predicted octanol–water partition coefficient (Wildman–Crippen LogP) is 2.45. The number of carbonyl (C=O) groups excluding carboxylic acids is 1. The molecule has 3 atom stereocenters. The van der Waals surface area contributed by atoms with Gasteiger partial charge in [-0.3, -0.25) is 4.79 Å². The molecule has 7 nitrogen and oxygen atoms in total. The Morgan fingerprint density at radius 1 is 1.06 bits per heavy atom. The summed E-state index contributed by atoms with van der Waals surface area (Å²) in [5.41, 5.74) is 0.749. The second kappa shape index (κ2) is 7.80. The molecule has 0 spiro atoms. The summed E-state index contributed by atoms with van der Waals surface area (Å²) in [6.45, 7) is 0.996. The molecule has 0 unspecified atom stereocenters. The molecule has 2 aromatic rings. The van der Waals surface area contributed by atoms with Gasteiger partial charge in [-0.1, -0.05) is 12.1 Å². The minimum absolute atomic E-state index is 0.00907. The molecule has 1 aliphatic carbocycles. The number of amides is 1. The third-order valence-corrected chi connectivity index (χ3v) is 8.19. The predicted molar refractivity (Wildman–Crippen MR) is 110 cm³/mol. The lowest BCUT2D eigenvalue weighted by atomic mass is 9.99. The van der Waals surface area contributed by atoms with Gasteiger partial charge in [-0.2, -0.15) is 4.31 Å². The van der Waals surface area contributed by atoms with Crippen LogP contribution < -0.4 is 14.8 Å². The smallest absolute Gasteiger partial charge is 0.244 e. The maximum atomic E-state index is 13.5. The Balaban J connectivity index is 1.39. The number of ether oxygens (including phenoxy) is 2. The quantitative estimate of drug-likeness (QED) is 0.763. The van der Waals surface area contributed by atoms with Crippen LogP contribution in [0.4, 0.5) is 4.39 Å². The SMILES string of the molecule is O=C(NCc1ccc(F)cc1)[C@@H]1[C@H]2CC[C@@H](C2)N1S(=O)(=O)c1ccc2c(c1)OCCO2.